The molecule has 2 nitrogen and oxygen atoms in total. The molecule has 0 aromatic carbocycles. The molecule has 2 heteroatoms. The van der Waals surface area contributed by atoms with Crippen LogP contribution in [-0.4, -0.2) is 36.6 Å². The smallest absolute Gasteiger partial charge is 0.0709 e. The SMILES string of the molecule is C#CC(CC)N1CCC2NCCC2C1. The average molecular weight is 192 g/mol. The van der Waals surface area contributed by atoms with Crippen LogP contribution in [0.2, 0.25) is 0 Å². The first-order valence-electron chi connectivity index (χ1n) is 5.78. The number of hydrogen-bond acceptors (Lipinski definition) is 2. The molecule has 0 aromatic heterocycles. The predicted molar refractivity (Wildman–Crippen MR) is 59.0 cm³/mol. The summed E-state index contributed by atoms with van der Waals surface area (Å²) in [7, 11) is 0. The van der Waals surface area contributed by atoms with Crippen LogP contribution in [0.15, 0.2) is 0 Å². The molecule has 0 aromatic rings. The lowest BCUT2D eigenvalue weighted by Gasteiger charge is -2.37. The number of likely N-dealkylation sites (tertiary alicyclic amines) is 1. The molecular weight excluding hydrogens is 172 g/mol. The van der Waals surface area contributed by atoms with Crippen LogP contribution >= 0.6 is 0 Å². The van der Waals surface area contributed by atoms with Crippen molar-refractivity contribution in [3.05, 3.63) is 0 Å². The lowest BCUT2D eigenvalue weighted by atomic mass is 9.92. The van der Waals surface area contributed by atoms with Gasteiger partial charge in [-0.25, -0.2) is 0 Å². The van der Waals surface area contributed by atoms with Gasteiger partial charge < -0.3 is 5.32 Å². The lowest BCUT2D eigenvalue weighted by Crippen LogP contribution is -2.48. The van der Waals surface area contributed by atoms with Crippen molar-refractivity contribution in [2.24, 2.45) is 5.92 Å². The van der Waals surface area contributed by atoms with Crippen molar-refractivity contribution in [3.8, 4) is 12.3 Å². The number of fused-ring (bicyclic) bond motifs is 1. The van der Waals surface area contributed by atoms with E-state index >= 15 is 0 Å². The number of nitrogens with zero attached hydrogens (tertiary/aromatic N) is 1. The van der Waals surface area contributed by atoms with E-state index in [1.807, 2.05) is 0 Å². The Morgan fingerprint density at radius 3 is 3.14 bits per heavy atom. The average Bonchev–Trinajstić information content (AvgIpc) is 2.66. The fourth-order valence-electron chi connectivity index (χ4n) is 2.84. The van der Waals surface area contributed by atoms with E-state index in [-0.39, 0.29) is 0 Å². The standard InChI is InChI=1S/C12H20N2/c1-3-11(4-2)14-8-6-12-10(9-14)5-7-13-12/h1,10-13H,4-9H2,2H3. The summed E-state index contributed by atoms with van der Waals surface area (Å²) in [6.07, 6.45) is 9.24. The van der Waals surface area contributed by atoms with Crippen LogP contribution in [0.4, 0.5) is 0 Å². The summed E-state index contributed by atoms with van der Waals surface area (Å²) in [6, 6.07) is 1.15. The first kappa shape index (κ1) is 10.0. The Morgan fingerprint density at radius 1 is 1.57 bits per heavy atom. The molecule has 0 radical (unpaired) electrons. The van der Waals surface area contributed by atoms with E-state index in [2.05, 4.69) is 23.1 Å². The van der Waals surface area contributed by atoms with Crippen molar-refractivity contribution in [1.29, 1.82) is 0 Å². The molecule has 2 heterocycles. The van der Waals surface area contributed by atoms with Gasteiger partial charge in [-0.15, -0.1) is 6.42 Å². The minimum absolute atomic E-state index is 0.372. The van der Waals surface area contributed by atoms with Crippen LogP contribution in [0, 0.1) is 18.3 Å². The molecule has 1 N–H and O–H groups in total. The molecule has 0 bridgehead atoms. The van der Waals surface area contributed by atoms with Crippen molar-refractivity contribution in [2.45, 2.75) is 38.3 Å². The highest BCUT2D eigenvalue weighted by Gasteiger charge is 2.34. The van der Waals surface area contributed by atoms with Gasteiger partial charge in [-0.3, -0.25) is 4.90 Å². The van der Waals surface area contributed by atoms with Crippen molar-refractivity contribution in [2.75, 3.05) is 19.6 Å². The van der Waals surface area contributed by atoms with Gasteiger partial charge in [0.05, 0.1) is 6.04 Å². The van der Waals surface area contributed by atoms with Gasteiger partial charge in [-0.05, 0) is 31.7 Å². The zero-order valence-electron chi connectivity index (χ0n) is 9.00. The second-order valence-electron chi connectivity index (χ2n) is 4.48. The summed E-state index contributed by atoms with van der Waals surface area (Å²) in [5.74, 6) is 3.76. The monoisotopic (exact) mass is 192 g/mol. The van der Waals surface area contributed by atoms with Crippen LogP contribution in [0.3, 0.4) is 0 Å². The number of piperidine rings is 1. The molecule has 78 valence electrons. The van der Waals surface area contributed by atoms with E-state index < -0.39 is 0 Å². The Labute approximate surface area is 87.1 Å². The molecule has 3 unspecified atom stereocenters. The summed E-state index contributed by atoms with van der Waals surface area (Å²) >= 11 is 0. The maximum absolute atomic E-state index is 5.54. The Kier molecular flexibility index (Phi) is 3.10. The highest BCUT2D eigenvalue weighted by molar-refractivity contribution is 5.02. The van der Waals surface area contributed by atoms with Crippen LogP contribution in [-0.2, 0) is 0 Å². The largest absolute Gasteiger partial charge is 0.314 e. The first-order valence-corrected chi connectivity index (χ1v) is 5.78. The molecule has 0 amide bonds. The van der Waals surface area contributed by atoms with Gasteiger partial charge >= 0.3 is 0 Å². The molecule has 2 rings (SSSR count). The Morgan fingerprint density at radius 2 is 2.43 bits per heavy atom. The zero-order chi connectivity index (χ0) is 9.97. The molecule has 2 fully saturated rings. The Bertz CT molecular complexity index is 231. The molecule has 0 aliphatic carbocycles. The number of hydrogen-bond donors (Lipinski definition) is 1. The van der Waals surface area contributed by atoms with E-state index in [9.17, 15) is 0 Å². The molecule has 2 aliphatic heterocycles. The third kappa shape index (κ3) is 1.80. The van der Waals surface area contributed by atoms with E-state index in [0.29, 0.717) is 6.04 Å². The molecule has 0 spiro atoms. The maximum atomic E-state index is 5.54. The van der Waals surface area contributed by atoms with Gasteiger partial charge in [-0.2, -0.15) is 0 Å². The van der Waals surface area contributed by atoms with Crippen molar-refractivity contribution in [1.82, 2.24) is 10.2 Å². The van der Waals surface area contributed by atoms with Gasteiger partial charge in [0.25, 0.3) is 0 Å². The zero-order valence-corrected chi connectivity index (χ0v) is 9.00. The summed E-state index contributed by atoms with van der Waals surface area (Å²) in [5, 5.41) is 3.58. The van der Waals surface area contributed by atoms with E-state index in [4.69, 9.17) is 6.42 Å². The predicted octanol–water partition coefficient (Wildman–Crippen LogP) is 1.08. The summed E-state index contributed by atoms with van der Waals surface area (Å²) in [4.78, 5) is 2.49. The van der Waals surface area contributed by atoms with Gasteiger partial charge in [0.1, 0.15) is 0 Å². The minimum atomic E-state index is 0.372. The molecule has 0 saturated carbocycles. The van der Waals surface area contributed by atoms with Crippen molar-refractivity contribution >= 4 is 0 Å². The quantitative estimate of drug-likeness (QED) is 0.659. The highest BCUT2D eigenvalue weighted by atomic mass is 15.2. The fourth-order valence-corrected chi connectivity index (χ4v) is 2.84. The van der Waals surface area contributed by atoms with Gasteiger partial charge in [0.15, 0.2) is 0 Å². The second-order valence-corrected chi connectivity index (χ2v) is 4.48. The van der Waals surface area contributed by atoms with E-state index in [1.165, 1.54) is 32.5 Å². The molecule has 2 saturated heterocycles. The topological polar surface area (TPSA) is 15.3 Å². The normalized spacial score (nSPS) is 34.9. The van der Waals surface area contributed by atoms with E-state index in [0.717, 1.165) is 18.4 Å². The summed E-state index contributed by atoms with van der Waals surface area (Å²) < 4.78 is 0. The highest BCUT2D eigenvalue weighted by Crippen LogP contribution is 2.26. The van der Waals surface area contributed by atoms with Crippen molar-refractivity contribution in [3.63, 3.8) is 0 Å². The Balaban J connectivity index is 1.94. The number of rotatable bonds is 2. The lowest BCUT2D eigenvalue weighted by molar-refractivity contribution is 0.137. The van der Waals surface area contributed by atoms with Crippen LogP contribution < -0.4 is 5.32 Å². The third-order valence-electron chi connectivity index (χ3n) is 3.71. The Hall–Kier alpha value is -0.520. The van der Waals surface area contributed by atoms with Gasteiger partial charge in [-0.1, -0.05) is 12.8 Å². The molecule has 2 aliphatic rings. The summed E-state index contributed by atoms with van der Waals surface area (Å²) in [6.45, 7) is 5.77. The van der Waals surface area contributed by atoms with Gasteiger partial charge in [0, 0.05) is 19.1 Å². The van der Waals surface area contributed by atoms with Crippen LogP contribution in [0.25, 0.3) is 0 Å². The number of terminal acetylenes is 1. The number of nitrogens with one attached hydrogen (secondary N) is 1. The molecule has 3 atom stereocenters. The van der Waals surface area contributed by atoms with Crippen molar-refractivity contribution < 1.29 is 0 Å². The van der Waals surface area contributed by atoms with Gasteiger partial charge in [0.2, 0.25) is 0 Å². The molecule has 14 heavy (non-hydrogen) atoms. The third-order valence-corrected chi connectivity index (χ3v) is 3.71. The van der Waals surface area contributed by atoms with E-state index in [1.54, 1.807) is 0 Å². The van der Waals surface area contributed by atoms with Crippen LogP contribution in [0.1, 0.15) is 26.2 Å². The fraction of sp³-hybridized carbons (Fsp3) is 0.833. The minimum Gasteiger partial charge on any atom is -0.314 e. The summed E-state index contributed by atoms with van der Waals surface area (Å²) in [5.41, 5.74) is 0. The second kappa shape index (κ2) is 4.33. The first-order chi connectivity index (χ1) is 6.85. The molecular formula is C12H20N2. The maximum Gasteiger partial charge on any atom is 0.0709 e. The van der Waals surface area contributed by atoms with Crippen LogP contribution in [0.5, 0.6) is 0 Å².